The molecule has 4 heteroatoms. The third-order valence-electron chi connectivity index (χ3n) is 10.7. The summed E-state index contributed by atoms with van der Waals surface area (Å²) in [4.78, 5) is 10.4. The Balaban J connectivity index is 1.05. The summed E-state index contributed by atoms with van der Waals surface area (Å²) in [5.74, 6) is 1.14. The molecule has 51 heavy (non-hydrogen) atoms. The van der Waals surface area contributed by atoms with E-state index in [2.05, 4.69) is 180 Å². The molecule has 10 rings (SSSR count). The van der Waals surface area contributed by atoms with E-state index in [-0.39, 0.29) is 11.8 Å². The number of hydrogen-bond donors (Lipinski definition) is 0. The van der Waals surface area contributed by atoms with Crippen molar-refractivity contribution >= 4 is 54.9 Å². The average Bonchev–Trinajstić information content (AvgIpc) is 3.71. The highest BCUT2D eigenvalue weighted by Gasteiger charge is 2.24. The van der Waals surface area contributed by atoms with Crippen LogP contribution in [0, 0.1) is 5.92 Å². The molecule has 2 aliphatic rings. The van der Waals surface area contributed by atoms with Crippen LogP contribution in [0.2, 0.25) is 0 Å². The van der Waals surface area contributed by atoms with E-state index in [0.717, 1.165) is 46.9 Å². The molecule has 4 nitrogen and oxygen atoms in total. The first-order valence-corrected chi connectivity index (χ1v) is 17.9. The second-order valence-corrected chi connectivity index (χ2v) is 13.8. The zero-order valence-corrected chi connectivity index (χ0v) is 28.4. The molecule has 3 aromatic heterocycles. The summed E-state index contributed by atoms with van der Waals surface area (Å²) in [5, 5.41) is 5.09. The Bertz CT molecular complexity index is 2660. The Kier molecular flexibility index (Phi) is 6.95. The van der Waals surface area contributed by atoms with Gasteiger partial charge in [0, 0.05) is 50.0 Å². The molecule has 0 bridgehead atoms. The zero-order valence-electron chi connectivity index (χ0n) is 28.4. The minimum atomic E-state index is 0.118. The van der Waals surface area contributed by atoms with Crippen LogP contribution < -0.4 is 0 Å². The number of fused-ring (bicyclic) bond motifs is 6. The van der Waals surface area contributed by atoms with E-state index in [1.807, 2.05) is 0 Å². The summed E-state index contributed by atoms with van der Waals surface area (Å²) in [7, 11) is 0. The number of nitrogens with zero attached hydrogens (tertiary/aromatic N) is 4. The van der Waals surface area contributed by atoms with Crippen molar-refractivity contribution in [3.8, 4) is 16.9 Å². The van der Waals surface area contributed by atoms with Crippen molar-refractivity contribution in [2.45, 2.75) is 25.7 Å². The normalized spacial score (nSPS) is 17.4. The van der Waals surface area contributed by atoms with Crippen molar-refractivity contribution in [1.82, 2.24) is 19.1 Å². The summed E-state index contributed by atoms with van der Waals surface area (Å²) < 4.78 is 4.76. The number of aromatic nitrogens is 4. The summed E-state index contributed by atoms with van der Waals surface area (Å²) in [5.41, 5.74) is 11.4. The van der Waals surface area contributed by atoms with E-state index in [4.69, 9.17) is 9.97 Å². The van der Waals surface area contributed by atoms with Gasteiger partial charge in [0.05, 0.1) is 33.5 Å². The molecule has 2 aliphatic carbocycles. The van der Waals surface area contributed by atoms with Crippen molar-refractivity contribution < 1.29 is 0 Å². The quantitative estimate of drug-likeness (QED) is 0.185. The lowest BCUT2D eigenvalue weighted by molar-refractivity contribution is 0.617. The van der Waals surface area contributed by atoms with Gasteiger partial charge in [0.25, 0.3) is 0 Å². The highest BCUT2D eigenvalue weighted by atomic mass is 15.0. The van der Waals surface area contributed by atoms with Gasteiger partial charge in [0.15, 0.2) is 5.82 Å². The van der Waals surface area contributed by atoms with Gasteiger partial charge in [-0.1, -0.05) is 122 Å². The maximum absolute atomic E-state index is 5.25. The second-order valence-electron chi connectivity index (χ2n) is 13.8. The highest BCUT2D eigenvalue weighted by molar-refractivity contribution is 6.11. The Morgan fingerprint density at radius 1 is 0.588 bits per heavy atom. The molecule has 244 valence electrons. The largest absolute Gasteiger partial charge is 0.310 e. The fourth-order valence-electron chi connectivity index (χ4n) is 8.20. The average molecular weight is 657 g/mol. The predicted octanol–water partition coefficient (Wildman–Crippen LogP) is 11.9. The molecule has 2 atom stereocenters. The molecule has 0 spiro atoms. The third-order valence-corrected chi connectivity index (χ3v) is 10.7. The lowest BCUT2D eigenvalue weighted by Gasteiger charge is -2.25. The van der Waals surface area contributed by atoms with E-state index in [1.54, 1.807) is 0 Å². The minimum Gasteiger partial charge on any atom is -0.310 e. The van der Waals surface area contributed by atoms with Gasteiger partial charge in [-0.15, -0.1) is 0 Å². The van der Waals surface area contributed by atoms with E-state index >= 15 is 0 Å². The van der Waals surface area contributed by atoms with E-state index in [0.29, 0.717) is 0 Å². The number of para-hydroxylation sites is 4. The van der Waals surface area contributed by atoms with Crippen LogP contribution >= 0.6 is 0 Å². The molecule has 0 N–H and O–H groups in total. The maximum Gasteiger partial charge on any atom is 0.159 e. The Morgan fingerprint density at radius 2 is 1.16 bits per heavy atom. The van der Waals surface area contributed by atoms with Crippen molar-refractivity contribution in [1.29, 1.82) is 0 Å². The van der Waals surface area contributed by atoms with Crippen molar-refractivity contribution in [3.05, 3.63) is 175 Å². The topological polar surface area (TPSA) is 35.6 Å². The summed E-state index contributed by atoms with van der Waals surface area (Å²) >= 11 is 0. The van der Waals surface area contributed by atoms with E-state index in [1.165, 1.54) is 49.3 Å². The van der Waals surface area contributed by atoms with Crippen LogP contribution in [0.3, 0.4) is 0 Å². The Morgan fingerprint density at radius 3 is 1.71 bits per heavy atom. The molecule has 3 heterocycles. The van der Waals surface area contributed by atoms with Gasteiger partial charge in [-0.05, 0) is 67.3 Å². The predicted molar refractivity (Wildman–Crippen MR) is 213 cm³/mol. The molecule has 0 saturated carbocycles. The number of rotatable bonds is 5. The maximum atomic E-state index is 5.25. The van der Waals surface area contributed by atoms with Gasteiger partial charge in [-0.2, -0.15) is 0 Å². The van der Waals surface area contributed by atoms with Crippen LogP contribution in [0.1, 0.15) is 37.2 Å². The molecule has 0 radical (unpaired) electrons. The molecule has 0 aliphatic heterocycles. The van der Waals surface area contributed by atoms with Crippen LogP contribution in [0.25, 0.3) is 71.8 Å². The number of benzene rings is 5. The monoisotopic (exact) mass is 656 g/mol. The SMILES string of the molecule is CC1C=C(n2c3ccccc3c3ccccc32)C=CC1c1cc(-c2ccc(-n3c4ccccc4c4ccccc43)cc2)nc(C2=CCCC=C2)n1. The van der Waals surface area contributed by atoms with Crippen LogP contribution in [0.15, 0.2) is 164 Å². The van der Waals surface area contributed by atoms with Gasteiger partial charge in [0.2, 0.25) is 0 Å². The van der Waals surface area contributed by atoms with Crippen molar-refractivity contribution in [3.63, 3.8) is 0 Å². The standard InChI is InChI=1S/C47H36N4/c1-31-29-35(51-45-21-11-7-17-39(45)40-18-8-12-22-46(40)51)27-28-36(31)42-30-41(48-47(49-42)33-13-3-2-4-14-33)32-23-25-34(26-24-32)50-43-19-9-5-15-37(43)38-16-6-10-20-44(38)50/h3,5-31,36H,2,4H2,1H3. The molecular formula is C47H36N4. The fraction of sp³-hybridized carbons (Fsp3) is 0.106. The molecule has 0 saturated heterocycles. The summed E-state index contributed by atoms with van der Waals surface area (Å²) in [6.45, 7) is 2.31. The first kappa shape index (κ1) is 29.6. The summed E-state index contributed by atoms with van der Waals surface area (Å²) in [6, 6.07) is 45.8. The zero-order chi connectivity index (χ0) is 33.9. The minimum absolute atomic E-state index is 0.118. The second kappa shape index (κ2) is 12.0. The molecule has 2 unspecified atom stereocenters. The van der Waals surface area contributed by atoms with Crippen LogP contribution in [0.5, 0.6) is 0 Å². The van der Waals surface area contributed by atoms with Gasteiger partial charge in [-0.3, -0.25) is 0 Å². The van der Waals surface area contributed by atoms with Crippen LogP contribution in [-0.2, 0) is 0 Å². The Hall–Kier alpha value is -6.26. The lowest BCUT2D eigenvalue weighted by atomic mass is 9.85. The number of hydrogen-bond acceptors (Lipinski definition) is 2. The molecule has 0 amide bonds. The molecule has 5 aromatic carbocycles. The van der Waals surface area contributed by atoms with Gasteiger partial charge >= 0.3 is 0 Å². The van der Waals surface area contributed by atoms with Gasteiger partial charge in [-0.25, -0.2) is 9.97 Å². The molecular weight excluding hydrogens is 621 g/mol. The first-order valence-electron chi connectivity index (χ1n) is 17.9. The van der Waals surface area contributed by atoms with Gasteiger partial charge in [0.1, 0.15) is 0 Å². The molecule has 8 aromatic rings. The van der Waals surface area contributed by atoms with Crippen molar-refractivity contribution in [2.24, 2.45) is 5.92 Å². The first-order chi connectivity index (χ1) is 25.2. The number of allylic oxidation sites excluding steroid dienone is 8. The Labute approximate surface area is 297 Å². The summed E-state index contributed by atoms with van der Waals surface area (Å²) in [6.07, 6.45) is 15.8. The van der Waals surface area contributed by atoms with E-state index in [9.17, 15) is 0 Å². The van der Waals surface area contributed by atoms with Gasteiger partial charge < -0.3 is 9.13 Å². The highest BCUT2D eigenvalue weighted by Crippen LogP contribution is 2.39. The van der Waals surface area contributed by atoms with Crippen LogP contribution in [0.4, 0.5) is 0 Å². The van der Waals surface area contributed by atoms with E-state index < -0.39 is 0 Å². The molecule has 0 fully saturated rings. The fourth-order valence-corrected chi connectivity index (χ4v) is 8.20. The lowest BCUT2D eigenvalue weighted by Crippen LogP contribution is -2.14. The van der Waals surface area contributed by atoms with Crippen LogP contribution in [-0.4, -0.2) is 19.1 Å². The van der Waals surface area contributed by atoms with Crippen molar-refractivity contribution in [2.75, 3.05) is 0 Å². The smallest absolute Gasteiger partial charge is 0.159 e. The third kappa shape index (κ3) is 4.90.